The Kier molecular flexibility index (Phi) is 7.49. The third kappa shape index (κ3) is 7.02. The van der Waals surface area contributed by atoms with Crippen molar-refractivity contribution in [2.75, 3.05) is 24.2 Å². The summed E-state index contributed by atoms with van der Waals surface area (Å²) in [6.07, 6.45) is -7.08. The highest BCUT2D eigenvalue weighted by Crippen LogP contribution is 2.31. The molecule has 1 N–H and O–H groups in total. The number of nitrogens with one attached hydrogen (secondary N) is 1. The van der Waals surface area contributed by atoms with E-state index in [9.17, 15) is 22.0 Å². The molecule has 11 heteroatoms. The summed E-state index contributed by atoms with van der Waals surface area (Å²) < 4.78 is 68.0. The fraction of sp³-hybridized carbons (Fsp3) is 0.375. The maximum Gasteiger partial charge on any atom is 0.398 e. The lowest BCUT2D eigenvalue weighted by atomic mass is 10.3. The Labute approximate surface area is 161 Å². The first kappa shape index (κ1) is 21.5. The summed E-state index contributed by atoms with van der Waals surface area (Å²) in [6.45, 7) is 1.78. The molecule has 1 aromatic carbocycles. The van der Waals surface area contributed by atoms with Gasteiger partial charge in [0.25, 0.3) is 6.43 Å². The first-order chi connectivity index (χ1) is 12.7. The summed E-state index contributed by atoms with van der Waals surface area (Å²) in [5, 5.41) is 2.52. The largest absolute Gasteiger partial charge is 0.492 e. The monoisotopic (exact) mass is 427 g/mol. The van der Waals surface area contributed by atoms with E-state index < -0.39 is 24.0 Å². The van der Waals surface area contributed by atoms with E-state index in [0.29, 0.717) is 22.4 Å². The number of hydrogen-bond donors (Lipinski definition) is 1. The molecule has 0 amide bonds. The molecule has 1 heterocycles. The van der Waals surface area contributed by atoms with Crippen LogP contribution in [0.1, 0.15) is 17.9 Å². The van der Waals surface area contributed by atoms with Gasteiger partial charge in [0.2, 0.25) is 0 Å². The van der Waals surface area contributed by atoms with Crippen LogP contribution in [0, 0.1) is 6.92 Å². The molecule has 0 aliphatic carbocycles. The number of rotatable bonds is 8. The van der Waals surface area contributed by atoms with Crippen molar-refractivity contribution in [2.45, 2.75) is 24.4 Å². The zero-order valence-corrected chi connectivity index (χ0v) is 15.6. The normalized spacial score (nSPS) is 11.7. The molecular formula is C16H15ClF5N3OS. The lowest BCUT2D eigenvalue weighted by Crippen LogP contribution is -2.14. The minimum atomic E-state index is -4.25. The highest BCUT2D eigenvalue weighted by molar-refractivity contribution is 7.99. The molecular weight excluding hydrogens is 413 g/mol. The van der Waals surface area contributed by atoms with Gasteiger partial charge in [-0.2, -0.15) is 13.2 Å². The van der Waals surface area contributed by atoms with Gasteiger partial charge in [-0.05, 0) is 25.1 Å². The quantitative estimate of drug-likeness (QED) is 0.341. The second-order valence-corrected chi connectivity index (χ2v) is 6.70. The smallest absolute Gasteiger partial charge is 0.398 e. The van der Waals surface area contributed by atoms with Crippen LogP contribution in [0.2, 0.25) is 5.02 Å². The SMILES string of the molecule is Cc1nc(NCCOc2cccc(SCC(F)(F)F)c2)c(Cl)c(C(F)F)n1. The van der Waals surface area contributed by atoms with Gasteiger partial charge in [0, 0.05) is 4.90 Å². The number of alkyl halides is 5. The van der Waals surface area contributed by atoms with Crippen LogP contribution in [0.25, 0.3) is 0 Å². The zero-order valence-electron chi connectivity index (χ0n) is 14.0. The van der Waals surface area contributed by atoms with Crippen LogP contribution in [0.5, 0.6) is 5.75 Å². The number of thioether (sulfide) groups is 1. The molecule has 4 nitrogen and oxygen atoms in total. The Morgan fingerprint density at radius 1 is 1.26 bits per heavy atom. The van der Waals surface area contributed by atoms with Gasteiger partial charge < -0.3 is 10.1 Å². The molecule has 1 aromatic heterocycles. The maximum absolute atomic E-state index is 12.9. The molecule has 0 saturated carbocycles. The summed E-state index contributed by atoms with van der Waals surface area (Å²) in [7, 11) is 0. The number of aromatic nitrogens is 2. The molecule has 0 atom stereocenters. The number of ether oxygens (including phenoxy) is 1. The van der Waals surface area contributed by atoms with Gasteiger partial charge in [0.1, 0.15) is 34.7 Å². The number of anilines is 1. The van der Waals surface area contributed by atoms with Crippen molar-refractivity contribution >= 4 is 29.2 Å². The zero-order chi connectivity index (χ0) is 20.0. The van der Waals surface area contributed by atoms with E-state index in [2.05, 4.69) is 15.3 Å². The predicted molar refractivity (Wildman–Crippen MR) is 93.9 cm³/mol. The molecule has 0 fully saturated rings. The topological polar surface area (TPSA) is 47.0 Å². The van der Waals surface area contributed by atoms with Crippen LogP contribution < -0.4 is 10.1 Å². The van der Waals surface area contributed by atoms with Crippen LogP contribution in [-0.4, -0.2) is 35.0 Å². The van der Waals surface area contributed by atoms with Crippen molar-refractivity contribution < 1.29 is 26.7 Å². The molecule has 2 rings (SSSR count). The fourth-order valence-electron chi connectivity index (χ4n) is 2.00. The van der Waals surface area contributed by atoms with Gasteiger partial charge in [-0.15, -0.1) is 11.8 Å². The van der Waals surface area contributed by atoms with Crippen LogP contribution in [0.4, 0.5) is 27.8 Å². The molecule has 0 saturated heterocycles. The fourth-order valence-corrected chi connectivity index (χ4v) is 2.94. The Balaban J connectivity index is 1.89. The second kappa shape index (κ2) is 9.41. The van der Waals surface area contributed by atoms with E-state index in [1.54, 1.807) is 18.2 Å². The summed E-state index contributed by atoms with van der Waals surface area (Å²) >= 11 is 6.52. The van der Waals surface area contributed by atoms with E-state index in [-0.39, 0.29) is 29.8 Å². The molecule has 148 valence electrons. The molecule has 0 radical (unpaired) electrons. The number of benzene rings is 1. The molecule has 27 heavy (non-hydrogen) atoms. The summed E-state index contributed by atoms with van der Waals surface area (Å²) in [6, 6.07) is 6.24. The van der Waals surface area contributed by atoms with Gasteiger partial charge in [-0.25, -0.2) is 18.7 Å². The Morgan fingerprint density at radius 3 is 2.67 bits per heavy atom. The van der Waals surface area contributed by atoms with Gasteiger partial charge in [0.05, 0.1) is 12.3 Å². The van der Waals surface area contributed by atoms with Crippen LogP contribution in [0.3, 0.4) is 0 Å². The molecule has 2 aromatic rings. The lowest BCUT2D eigenvalue weighted by molar-refractivity contribution is -0.105. The van der Waals surface area contributed by atoms with Gasteiger partial charge in [-0.3, -0.25) is 0 Å². The highest BCUT2D eigenvalue weighted by Gasteiger charge is 2.27. The lowest BCUT2D eigenvalue weighted by Gasteiger charge is -2.12. The van der Waals surface area contributed by atoms with Gasteiger partial charge in [0.15, 0.2) is 0 Å². The highest BCUT2D eigenvalue weighted by atomic mass is 35.5. The van der Waals surface area contributed by atoms with Gasteiger partial charge in [-0.1, -0.05) is 17.7 Å². The number of nitrogens with zero attached hydrogens (tertiary/aromatic N) is 2. The van der Waals surface area contributed by atoms with Crippen molar-refractivity contribution in [3.05, 3.63) is 40.8 Å². The van der Waals surface area contributed by atoms with Crippen molar-refractivity contribution in [2.24, 2.45) is 0 Å². The van der Waals surface area contributed by atoms with Crippen molar-refractivity contribution in [1.29, 1.82) is 0 Å². The standard InChI is InChI=1S/C16H15ClF5N3OS/c1-9-24-13(14(18)19)12(17)15(25-9)23-5-6-26-10-3-2-4-11(7-10)27-8-16(20,21)22/h2-4,7,14H,5-6,8H2,1H3,(H,23,24,25). The van der Waals surface area contributed by atoms with Crippen molar-refractivity contribution in [3.63, 3.8) is 0 Å². The van der Waals surface area contributed by atoms with Crippen molar-refractivity contribution in [3.8, 4) is 5.75 Å². The summed E-state index contributed by atoms with van der Waals surface area (Å²) in [4.78, 5) is 8.00. The number of aryl methyl sites for hydroxylation is 1. The first-order valence-electron chi connectivity index (χ1n) is 7.64. The van der Waals surface area contributed by atoms with Crippen molar-refractivity contribution in [1.82, 2.24) is 9.97 Å². The first-order valence-corrected chi connectivity index (χ1v) is 9.00. The molecule has 0 aliphatic heterocycles. The Hall–Kier alpha value is -1.81. The van der Waals surface area contributed by atoms with E-state index >= 15 is 0 Å². The molecule has 0 spiro atoms. The third-order valence-electron chi connectivity index (χ3n) is 3.07. The van der Waals surface area contributed by atoms with E-state index in [1.165, 1.54) is 13.0 Å². The van der Waals surface area contributed by atoms with Crippen LogP contribution >= 0.6 is 23.4 Å². The minimum Gasteiger partial charge on any atom is -0.492 e. The third-order valence-corrected chi connectivity index (χ3v) is 4.50. The predicted octanol–water partition coefficient (Wildman–Crippen LogP) is 5.52. The minimum absolute atomic E-state index is 0.0672. The average molecular weight is 428 g/mol. The summed E-state index contributed by atoms with van der Waals surface area (Å²) in [5.41, 5.74) is -0.554. The molecule has 0 aliphatic rings. The van der Waals surface area contributed by atoms with E-state index in [0.717, 1.165) is 0 Å². The van der Waals surface area contributed by atoms with Crippen LogP contribution in [-0.2, 0) is 0 Å². The number of halogens is 6. The average Bonchev–Trinajstić information content (AvgIpc) is 2.59. The van der Waals surface area contributed by atoms with E-state index in [4.69, 9.17) is 16.3 Å². The van der Waals surface area contributed by atoms with E-state index in [1.807, 2.05) is 0 Å². The Morgan fingerprint density at radius 2 is 2.00 bits per heavy atom. The molecule has 0 unspecified atom stereocenters. The summed E-state index contributed by atoms with van der Waals surface area (Å²) in [5.74, 6) is -0.386. The number of hydrogen-bond acceptors (Lipinski definition) is 5. The Bertz CT molecular complexity index is 776. The second-order valence-electron chi connectivity index (χ2n) is 5.27. The van der Waals surface area contributed by atoms with Gasteiger partial charge >= 0.3 is 6.18 Å². The van der Waals surface area contributed by atoms with Crippen LogP contribution in [0.15, 0.2) is 29.2 Å². The molecule has 0 bridgehead atoms. The maximum atomic E-state index is 12.9.